The van der Waals surface area contributed by atoms with Crippen LogP contribution in [0.4, 0.5) is 16.2 Å². The number of nitrogens with zero attached hydrogens (tertiary/aromatic N) is 2. The van der Waals surface area contributed by atoms with Crippen molar-refractivity contribution in [3.05, 3.63) is 64.0 Å². The minimum Gasteiger partial charge on any atom is -0.444 e. The summed E-state index contributed by atoms with van der Waals surface area (Å²) < 4.78 is 5.03. The molecule has 2 rings (SSSR count). The van der Waals surface area contributed by atoms with Gasteiger partial charge in [0.05, 0.1) is 4.92 Å². The molecule has 0 saturated heterocycles. The van der Waals surface area contributed by atoms with Gasteiger partial charge in [-0.15, -0.1) is 0 Å². The van der Waals surface area contributed by atoms with Crippen molar-refractivity contribution in [2.75, 3.05) is 5.32 Å². The summed E-state index contributed by atoms with van der Waals surface area (Å²) >= 11 is 0. The fourth-order valence-electron chi connectivity index (χ4n) is 1.71. The van der Waals surface area contributed by atoms with E-state index in [1.54, 1.807) is 6.92 Å². The summed E-state index contributed by atoms with van der Waals surface area (Å²) in [5.41, 5.74) is 1.13. The molecule has 1 aromatic carbocycles. The fraction of sp³-hybridized carbons (Fsp3) is 0.143. The molecule has 1 aromatic heterocycles. The Balaban J connectivity index is 2.05. The Kier molecular flexibility index (Phi) is 4.45. The summed E-state index contributed by atoms with van der Waals surface area (Å²) in [6.45, 7) is 1.71. The first kappa shape index (κ1) is 14.4. The lowest BCUT2D eigenvalue weighted by atomic mass is 10.2. The Morgan fingerprint density at radius 1 is 1.33 bits per heavy atom. The molecular formula is C14H13N3O4. The van der Waals surface area contributed by atoms with Gasteiger partial charge in [0.25, 0.3) is 0 Å². The Bertz CT molecular complexity index is 659. The number of carbonyl (C=O) groups is 1. The molecule has 1 N–H and O–H groups in total. The SMILES string of the molecule is Cc1cncc([N+](=O)[O-])c1NC(=O)OCc1ccccc1. The highest BCUT2D eigenvalue weighted by molar-refractivity contribution is 5.88. The highest BCUT2D eigenvalue weighted by atomic mass is 16.6. The fourth-order valence-corrected chi connectivity index (χ4v) is 1.71. The molecule has 1 heterocycles. The second-order valence-electron chi connectivity index (χ2n) is 4.29. The topological polar surface area (TPSA) is 94.4 Å². The molecule has 0 aliphatic rings. The van der Waals surface area contributed by atoms with Crippen LogP contribution in [0.1, 0.15) is 11.1 Å². The van der Waals surface area contributed by atoms with Gasteiger partial charge in [-0.25, -0.2) is 4.79 Å². The largest absolute Gasteiger partial charge is 0.444 e. The third-order valence-corrected chi connectivity index (χ3v) is 2.75. The molecule has 0 fully saturated rings. The van der Waals surface area contributed by atoms with E-state index in [-0.39, 0.29) is 18.0 Å². The predicted octanol–water partition coefficient (Wildman–Crippen LogP) is 3.05. The van der Waals surface area contributed by atoms with Crippen LogP contribution in [0, 0.1) is 17.0 Å². The zero-order valence-electron chi connectivity index (χ0n) is 11.3. The smallest absolute Gasteiger partial charge is 0.412 e. The monoisotopic (exact) mass is 287 g/mol. The Labute approximate surface area is 120 Å². The van der Waals surface area contributed by atoms with Gasteiger partial charge in [-0.05, 0) is 18.1 Å². The molecule has 0 aliphatic heterocycles. The molecule has 108 valence electrons. The van der Waals surface area contributed by atoms with Gasteiger partial charge in [-0.2, -0.15) is 0 Å². The maximum Gasteiger partial charge on any atom is 0.412 e. The number of aromatic nitrogens is 1. The van der Waals surface area contributed by atoms with E-state index in [0.717, 1.165) is 11.8 Å². The van der Waals surface area contributed by atoms with Gasteiger partial charge in [0.15, 0.2) is 0 Å². The number of benzene rings is 1. The van der Waals surface area contributed by atoms with Crippen LogP contribution >= 0.6 is 0 Å². The molecule has 0 spiro atoms. The molecule has 0 aliphatic carbocycles. The molecule has 2 aromatic rings. The van der Waals surface area contributed by atoms with Gasteiger partial charge in [-0.3, -0.25) is 20.4 Å². The third kappa shape index (κ3) is 3.75. The van der Waals surface area contributed by atoms with Crippen molar-refractivity contribution in [3.8, 4) is 0 Å². The standard InChI is InChI=1S/C14H13N3O4/c1-10-7-15-8-12(17(19)20)13(10)16-14(18)21-9-11-5-3-2-4-6-11/h2-8H,9H2,1H3,(H,15,16,18). The lowest BCUT2D eigenvalue weighted by Crippen LogP contribution is -2.15. The van der Waals surface area contributed by atoms with E-state index >= 15 is 0 Å². The second-order valence-corrected chi connectivity index (χ2v) is 4.29. The van der Waals surface area contributed by atoms with E-state index in [1.165, 1.54) is 6.20 Å². The number of ether oxygens (including phenoxy) is 1. The first-order chi connectivity index (χ1) is 10.1. The number of carbonyl (C=O) groups excluding carboxylic acids is 1. The van der Waals surface area contributed by atoms with Crippen LogP contribution in [0.3, 0.4) is 0 Å². The van der Waals surface area contributed by atoms with Crippen molar-refractivity contribution >= 4 is 17.5 Å². The van der Waals surface area contributed by atoms with Gasteiger partial charge >= 0.3 is 11.8 Å². The van der Waals surface area contributed by atoms with Crippen LogP contribution in [0.15, 0.2) is 42.7 Å². The van der Waals surface area contributed by atoms with Crippen molar-refractivity contribution in [2.24, 2.45) is 0 Å². The van der Waals surface area contributed by atoms with Crippen molar-refractivity contribution < 1.29 is 14.5 Å². The van der Waals surface area contributed by atoms with Gasteiger partial charge in [0.2, 0.25) is 0 Å². The van der Waals surface area contributed by atoms with Crippen LogP contribution < -0.4 is 5.32 Å². The molecule has 0 atom stereocenters. The average Bonchev–Trinajstić information content (AvgIpc) is 2.48. The lowest BCUT2D eigenvalue weighted by Gasteiger charge is -2.09. The highest BCUT2D eigenvalue weighted by Crippen LogP contribution is 2.26. The Morgan fingerprint density at radius 2 is 2.05 bits per heavy atom. The normalized spacial score (nSPS) is 9.95. The van der Waals surface area contributed by atoms with Crippen LogP contribution in [0.5, 0.6) is 0 Å². The van der Waals surface area contributed by atoms with Crippen molar-refractivity contribution in [1.29, 1.82) is 0 Å². The maximum atomic E-state index is 11.7. The quantitative estimate of drug-likeness (QED) is 0.689. The van der Waals surface area contributed by atoms with Gasteiger partial charge in [0, 0.05) is 6.20 Å². The molecule has 0 radical (unpaired) electrons. The summed E-state index contributed by atoms with van der Waals surface area (Å²) in [5, 5.41) is 13.3. The zero-order chi connectivity index (χ0) is 15.2. The summed E-state index contributed by atoms with van der Waals surface area (Å²) in [4.78, 5) is 25.8. The highest BCUT2D eigenvalue weighted by Gasteiger charge is 2.19. The van der Waals surface area contributed by atoms with E-state index < -0.39 is 11.0 Å². The maximum absolute atomic E-state index is 11.7. The number of aryl methyl sites for hydroxylation is 1. The molecule has 0 bridgehead atoms. The van der Waals surface area contributed by atoms with Crippen molar-refractivity contribution in [2.45, 2.75) is 13.5 Å². The minimum atomic E-state index is -0.753. The summed E-state index contributed by atoms with van der Waals surface area (Å²) in [5.74, 6) is 0. The minimum absolute atomic E-state index is 0.0879. The van der Waals surface area contributed by atoms with Crippen molar-refractivity contribution in [1.82, 2.24) is 4.98 Å². The number of anilines is 1. The predicted molar refractivity (Wildman–Crippen MR) is 75.9 cm³/mol. The number of nitrogens with one attached hydrogen (secondary N) is 1. The number of amides is 1. The van der Waals surface area contributed by atoms with Crippen LogP contribution in [0.2, 0.25) is 0 Å². The molecular weight excluding hydrogens is 274 g/mol. The third-order valence-electron chi connectivity index (χ3n) is 2.75. The van der Waals surface area contributed by atoms with E-state index in [4.69, 9.17) is 4.74 Å². The summed E-state index contributed by atoms with van der Waals surface area (Å²) in [7, 11) is 0. The van der Waals surface area contributed by atoms with Crippen LogP contribution in [-0.2, 0) is 11.3 Å². The number of hydrogen-bond donors (Lipinski definition) is 1. The lowest BCUT2D eigenvalue weighted by molar-refractivity contribution is -0.384. The van der Waals surface area contributed by atoms with Gasteiger partial charge in [0.1, 0.15) is 18.5 Å². The Hall–Kier alpha value is -2.96. The molecule has 7 nitrogen and oxygen atoms in total. The van der Waals surface area contributed by atoms with Gasteiger partial charge in [-0.1, -0.05) is 30.3 Å². The van der Waals surface area contributed by atoms with E-state index in [2.05, 4.69) is 10.3 Å². The van der Waals surface area contributed by atoms with E-state index in [0.29, 0.717) is 5.56 Å². The van der Waals surface area contributed by atoms with Crippen LogP contribution in [-0.4, -0.2) is 16.0 Å². The van der Waals surface area contributed by atoms with Crippen LogP contribution in [0.25, 0.3) is 0 Å². The second kappa shape index (κ2) is 6.47. The van der Waals surface area contributed by atoms with Crippen molar-refractivity contribution in [3.63, 3.8) is 0 Å². The van der Waals surface area contributed by atoms with E-state index in [9.17, 15) is 14.9 Å². The first-order valence-electron chi connectivity index (χ1n) is 6.14. The number of nitro groups is 1. The molecule has 7 heteroatoms. The average molecular weight is 287 g/mol. The summed E-state index contributed by atoms with van der Waals surface area (Å²) in [6, 6.07) is 9.14. The van der Waals surface area contributed by atoms with Gasteiger partial charge < -0.3 is 4.74 Å². The van der Waals surface area contributed by atoms with E-state index in [1.807, 2.05) is 30.3 Å². The zero-order valence-corrected chi connectivity index (χ0v) is 11.3. The first-order valence-corrected chi connectivity index (χ1v) is 6.14. The summed E-state index contributed by atoms with van der Waals surface area (Å²) in [6.07, 6.45) is 1.76. The molecule has 21 heavy (non-hydrogen) atoms. The molecule has 0 unspecified atom stereocenters. The number of rotatable bonds is 4. The molecule has 0 saturated carbocycles. The molecule has 1 amide bonds. The Morgan fingerprint density at radius 3 is 2.71 bits per heavy atom. The number of pyridine rings is 1. The number of hydrogen-bond acceptors (Lipinski definition) is 5.